The third-order valence-electron chi connectivity index (χ3n) is 3.45. The number of amides is 1. The van der Waals surface area contributed by atoms with Crippen LogP contribution in [0.4, 0.5) is 0 Å². The minimum Gasteiger partial charge on any atom is -0.367 e. The fraction of sp³-hybridized carbons (Fsp3) is 0.889. The van der Waals surface area contributed by atoms with E-state index in [1.807, 2.05) is 0 Å². The van der Waals surface area contributed by atoms with Gasteiger partial charge >= 0.3 is 15.2 Å². The van der Waals surface area contributed by atoms with Gasteiger partial charge in [0.2, 0.25) is 5.91 Å². The summed E-state index contributed by atoms with van der Waals surface area (Å²) in [6, 6.07) is -0.423. The summed E-state index contributed by atoms with van der Waals surface area (Å²) < 4.78 is 22.3. The standard InChI is InChI=1S/C9H20N2O8P2/c1-11(8(12)7-3-2-5-10-7)6-4-9(13,20(14,15)16)21(17,18)19/h7,10,13H,2-6H2,1H3,(H2,14,15,16)(H2,17,18,19)/t7-/m0/s1. The molecule has 0 aliphatic carbocycles. The highest BCUT2D eigenvalue weighted by Gasteiger charge is 2.59. The number of carbonyl (C=O) groups is 1. The van der Waals surface area contributed by atoms with E-state index < -0.39 is 39.3 Å². The lowest BCUT2D eigenvalue weighted by molar-refractivity contribution is -0.132. The molecule has 124 valence electrons. The molecule has 0 spiro atoms. The average Bonchev–Trinajstić information content (AvgIpc) is 2.85. The van der Waals surface area contributed by atoms with Crippen molar-refractivity contribution in [3.05, 3.63) is 0 Å². The first-order chi connectivity index (χ1) is 9.40. The molecular formula is C9H20N2O8P2. The van der Waals surface area contributed by atoms with Crippen LogP contribution in [0.25, 0.3) is 0 Å². The van der Waals surface area contributed by atoms with E-state index in [1.165, 1.54) is 7.05 Å². The number of hydrogen-bond donors (Lipinski definition) is 6. The Morgan fingerprint density at radius 2 is 1.81 bits per heavy atom. The molecule has 0 aromatic heterocycles. The lowest BCUT2D eigenvalue weighted by Crippen LogP contribution is -2.43. The minimum atomic E-state index is -5.48. The van der Waals surface area contributed by atoms with Crippen LogP contribution in [0, 0.1) is 0 Å². The molecule has 1 rings (SSSR count). The molecule has 1 saturated heterocycles. The van der Waals surface area contributed by atoms with Crippen molar-refractivity contribution >= 4 is 21.1 Å². The van der Waals surface area contributed by atoms with Gasteiger partial charge in [-0.1, -0.05) is 0 Å². The Hall–Kier alpha value is -0.310. The van der Waals surface area contributed by atoms with Crippen molar-refractivity contribution in [3.8, 4) is 0 Å². The van der Waals surface area contributed by atoms with Crippen LogP contribution in [-0.4, -0.2) is 66.7 Å². The van der Waals surface area contributed by atoms with Crippen molar-refractivity contribution < 1.29 is 38.6 Å². The number of nitrogens with one attached hydrogen (secondary N) is 1. The molecule has 0 aromatic rings. The normalized spacial score (nSPS) is 20.6. The third-order valence-corrected chi connectivity index (χ3v) is 7.33. The molecule has 10 nitrogen and oxygen atoms in total. The maximum Gasteiger partial charge on any atom is 0.369 e. The van der Waals surface area contributed by atoms with Gasteiger partial charge in [-0.15, -0.1) is 0 Å². The summed E-state index contributed by atoms with van der Waals surface area (Å²) in [5.74, 6) is -0.355. The highest BCUT2D eigenvalue weighted by atomic mass is 31.2. The molecule has 12 heteroatoms. The van der Waals surface area contributed by atoms with Crippen molar-refractivity contribution in [3.63, 3.8) is 0 Å². The molecule has 0 bridgehead atoms. The zero-order valence-corrected chi connectivity index (χ0v) is 13.2. The highest BCUT2D eigenvalue weighted by Crippen LogP contribution is 2.68. The molecule has 0 unspecified atom stereocenters. The van der Waals surface area contributed by atoms with E-state index in [9.17, 15) is 19.0 Å². The largest absolute Gasteiger partial charge is 0.369 e. The van der Waals surface area contributed by atoms with Crippen molar-refractivity contribution in [1.82, 2.24) is 10.2 Å². The van der Waals surface area contributed by atoms with Crippen molar-refractivity contribution in [1.29, 1.82) is 0 Å². The molecule has 0 radical (unpaired) electrons. The number of hydrogen-bond acceptors (Lipinski definition) is 5. The van der Waals surface area contributed by atoms with Crippen LogP contribution in [0.2, 0.25) is 0 Å². The fourth-order valence-corrected chi connectivity index (χ4v) is 4.19. The highest BCUT2D eigenvalue weighted by molar-refractivity contribution is 7.72. The van der Waals surface area contributed by atoms with Crippen LogP contribution in [0.3, 0.4) is 0 Å². The lowest BCUT2D eigenvalue weighted by atomic mass is 10.2. The second-order valence-corrected chi connectivity index (χ2v) is 9.03. The van der Waals surface area contributed by atoms with E-state index in [-0.39, 0.29) is 5.91 Å². The van der Waals surface area contributed by atoms with Gasteiger partial charge in [-0.2, -0.15) is 0 Å². The van der Waals surface area contributed by atoms with E-state index in [0.29, 0.717) is 13.0 Å². The van der Waals surface area contributed by atoms with Gasteiger partial charge in [-0.05, 0) is 19.4 Å². The van der Waals surface area contributed by atoms with E-state index >= 15 is 0 Å². The first-order valence-corrected chi connectivity index (χ1v) is 9.44. The summed E-state index contributed by atoms with van der Waals surface area (Å²) in [4.78, 5) is 49.0. The summed E-state index contributed by atoms with van der Waals surface area (Å²) in [6.07, 6.45) is 0.500. The Kier molecular flexibility index (Phi) is 5.74. The predicted molar refractivity (Wildman–Crippen MR) is 72.3 cm³/mol. The summed E-state index contributed by atoms with van der Waals surface area (Å²) >= 11 is 0. The van der Waals surface area contributed by atoms with Crippen LogP contribution in [-0.2, 0) is 13.9 Å². The van der Waals surface area contributed by atoms with Crippen LogP contribution < -0.4 is 5.32 Å². The second kappa shape index (κ2) is 6.44. The Bertz CT molecular complexity index is 458. The molecule has 1 aliphatic rings. The number of rotatable bonds is 6. The van der Waals surface area contributed by atoms with Gasteiger partial charge in [0.15, 0.2) is 0 Å². The summed E-state index contributed by atoms with van der Waals surface area (Å²) in [7, 11) is -9.63. The Labute approximate surface area is 121 Å². The Morgan fingerprint density at radius 1 is 1.29 bits per heavy atom. The molecule has 0 aromatic carbocycles. The van der Waals surface area contributed by atoms with Gasteiger partial charge in [-0.3, -0.25) is 13.9 Å². The van der Waals surface area contributed by atoms with E-state index in [1.54, 1.807) is 0 Å². The van der Waals surface area contributed by atoms with Crippen LogP contribution in [0.1, 0.15) is 19.3 Å². The van der Waals surface area contributed by atoms with Crippen molar-refractivity contribution in [2.24, 2.45) is 0 Å². The lowest BCUT2D eigenvalue weighted by Gasteiger charge is -2.31. The van der Waals surface area contributed by atoms with Gasteiger partial charge < -0.3 is 34.9 Å². The first kappa shape index (κ1) is 18.7. The minimum absolute atomic E-state index is 0.355. The second-order valence-electron chi connectivity index (χ2n) is 5.02. The molecule has 1 aliphatic heterocycles. The monoisotopic (exact) mass is 346 g/mol. The Morgan fingerprint density at radius 3 is 2.19 bits per heavy atom. The van der Waals surface area contributed by atoms with Crippen molar-refractivity contribution in [2.75, 3.05) is 20.1 Å². The van der Waals surface area contributed by atoms with Gasteiger partial charge in [0.1, 0.15) is 0 Å². The number of carbonyl (C=O) groups excluding carboxylic acids is 1. The van der Waals surface area contributed by atoms with Gasteiger partial charge in [0.25, 0.3) is 5.08 Å². The summed E-state index contributed by atoms with van der Waals surface area (Å²) in [6.45, 7) is 0.281. The molecule has 1 atom stereocenters. The maximum absolute atomic E-state index is 12.0. The molecule has 1 amide bonds. The molecule has 6 N–H and O–H groups in total. The Balaban J connectivity index is 2.76. The fourth-order valence-electron chi connectivity index (χ4n) is 2.05. The van der Waals surface area contributed by atoms with Gasteiger partial charge in [0, 0.05) is 20.0 Å². The van der Waals surface area contributed by atoms with Crippen molar-refractivity contribution in [2.45, 2.75) is 30.4 Å². The first-order valence-electron chi connectivity index (χ1n) is 6.22. The number of aliphatic hydroxyl groups is 1. The van der Waals surface area contributed by atoms with Crippen LogP contribution >= 0.6 is 15.2 Å². The molecule has 1 fully saturated rings. The topological polar surface area (TPSA) is 168 Å². The van der Waals surface area contributed by atoms with Crippen LogP contribution in [0.5, 0.6) is 0 Å². The molecular weight excluding hydrogens is 326 g/mol. The molecule has 21 heavy (non-hydrogen) atoms. The average molecular weight is 346 g/mol. The number of nitrogens with zero attached hydrogens (tertiary/aromatic N) is 1. The van der Waals surface area contributed by atoms with Gasteiger partial charge in [0.05, 0.1) is 6.04 Å². The third kappa shape index (κ3) is 4.12. The predicted octanol–water partition coefficient (Wildman–Crippen LogP) is -1.41. The smallest absolute Gasteiger partial charge is 0.367 e. The quantitative estimate of drug-likeness (QED) is 0.316. The summed E-state index contributed by atoms with van der Waals surface area (Å²) in [5.41, 5.74) is 0. The van der Waals surface area contributed by atoms with Gasteiger partial charge in [-0.25, -0.2) is 0 Å². The van der Waals surface area contributed by atoms with E-state index in [2.05, 4.69) is 5.32 Å². The van der Waals surface area contributed by atoms with Crippen LogP contribution in [0.15, 0.2) is 0 Å². The zero-order valence-electron chi connectivity index (χ0n) is 11.4. The SMILES string of the molecule is CN(CCC(O)(P(=O)(O)O)P(=O)(O)O)C(=O)[C@@H]1CCCN1. The molecule has 0 saturated carbocycles. The number of likely N-dealkylation sites (N-methyl/N-ethyl adjacent to an activating group) is 1. The zero-order chi connectivity index (χ0) is 16.5. The molecule has 1 heterocycles. The van der Waals surface area contributed by atoms with E-state index in [0.717, 1.165) is 11.3 Å². The summed E-state index contributed by atoms with van der Waals surface area (Å²) in [5, 5.41) is 9.15. The maximum atomic E-state index is 12.0. The van der Waals surface area contributed by atoms with E-state index in [4.69, 9.17) is 19.6 Å².